The Labute approximate surface area is 129 Å². The maximum atomic E-state index is 12.1. The number of sulfone groups is 1. The van der Waals surface area contributed by atoms with Crippen molar-refractivity contribution in [3.05, 3.63) is 29.3 Å². The molecule has 1 amide bonds. The van der Waals surface area contributed by atoms with Crippen LogP contribution in [0.25, 0.3) is 0 Å². The fourth-order valence-corrected chi connectivity index (χ4v) is 3.99. The summed E-state index contributed by atoms with van der Waals surface area (Å²) in [5.41, 5.74) is 1.54. The molecule has 7 heteroatoms. The lowest BCUT2D eigenvalue weighted by atomic mass is 10.1. The van der Waals surface area contributed by atoms with Crippen LogP contribution in [0.2, 0.25) is 0 Å². The maximum Gasteiger partial charge on any atom is 0.260 e. The molecule has 0 spiro atoms. The molecule has 0 unspecified atom stereocenters. The molecule has 3 rings (SSSR count). The molecule has 1 fully saturated rings. The average molecular weight is 323 g/mol. The number of carbonyl (C=O) groups is 2. The molecule has 0 saturated carbocycles. The Hall–Kier alpha value is -1.89. The topological polar surface area (TPSA) is 80.8 Å². The Morgan fingerprint density at radius 1 is 1.18 bits per heavy atom. The Morgan fingerprint density at radius 3 is 2.64 bits per heavy atom. The van der Waals surface area contributed by atoms with Crippen LogP contribution in [0, 0.1) is 0 Å². The van der Waals surface area contributed by atoms with Crippen molar-refractivity contribution in [2.75, 3.05) is 31.2 Å². The molecule has 0 aromatic heterocycles. The van der Waals surface area contributed by atoms with Gasteiger partial charge in [-0.1, -0.05) is 12.1 Å². The number of rotatable bonds is 3. The van der Waals surface area contributed by atoms with Crippen molar-refractivity contribution in [2.24, 2.45) is 0 Å². The monoisotopic (exact) mass is 323 g/mol. The number of nitrogens with zero attached hydrogens (tertiary/aromatic N) is 1. The minimum absolute atomic E-state index is 0.00202. The van der Waals surface area contributed by atoms with E-state index in [1.807, 2.05) is 12.1 Å². The van der Waals surface area contributed by atoms with E-state index in [1.54, 1.807) is 6.07 Å². The van der Waals surface area contributed by atoms with Gasteiger partial charge in [-0.3, -0.25) is 9.59 Å². The average Bonchev–Trinajstić information content (AvgIpc) is 2.87. The van der Waals surface area contributed by atoms with Crippen LogP contribution in [0.5, 0.6) is 5.75 Å². The molecule has 1 aromatic rings. The van der Waals surface area contributed by atoms with Gasteiger partial charge in [0.15, 0.2) is 22.2 Å². The summed E-state index contributed by atoms with van der Waals surface area (Å²) in [6, 6.07) is 5.39. The summed E-state index contributed by atoms with van der Waals surface area (Å²) in [5.74, 6) is 0.230. The largest absolute Gasteiger partial charge is 0.483 e. The second-order valence-electron chi connectivity index (χ2n) is 5.53. The number of hydrogen-bond acceptors (Lipinski definition) is 5. The van der Waals surface area contributed by atoms with Crippen LogP contribution in [0.15, 0.2) is 18.2 Å². The van der Waals surface area contributed by atoms with Gasteiger partial charge in [-0.25, -0.2) is 8.42 Å². The number of fused-ring (bicyclic) bond motifs is 1. The maximum absolute atomic E-state index is 12.1. The van der Waals surface area contributed by atoms with Gasteiger partial charge in [-0.2, -0.15) is 0 Å². The first kappa shape index (κ1) is 15.0. The van der Waals surface area contributed by atoms with Gasteiger partial charge in [-0.05, 0) is 18.1 Å². The molecule has 1 saturated heterocycles. The zero-order valence-electron chi connectivity index (χ0n) is 12.1. The first-order valence-corrected chi connectivity index (χ1v) is 9.04. The molecule has 118 valence electrons. The second kappa shape index (κ2) is 5.72. The number of ketones is 1. The SMILES string of the molecule is O=C1CCc2cccc(OCC(=O)N3CCS(=O)(=O)CC3)c21. The third-order valence-corrected chi connectivity index (χ3v) is 5.67. The molecule has 6 nitrogen and oxygen atoms in total. The zero-order chi connectivity index (χ0) is 15.7. The summed E-state index contributed by atoms with van der Waals surface area (Å²) in [6.45, 7) is 0.233. The van der Waals surface area contributed by atoms with Crippen LogP contribution in [-0.2, 0) is 21.1 Å². The Balaban J connectivity index is 1.63. The number of aryl methyl sites for hydroxylation is 1. The highest BCUT2D eigenvalue weighted by Crippen LogP contribution is 2.30. The van der Waals surface area contributed by atoms with Crippen molar-refractivity contribution in [3.63, 3.8) is 0 Å². The Bertz CT molecular complexity index is 711. The molecular formula is C15H17NO5S. The normalized spacial score (nSPS) is 19.8. The summed E-state index contributed by atoms with van der Waals surface area (Å²) in [7, 11) is -3.01. The van der Waals surface area contributed by atoms with E-state index in [2.05, 4.69) is 0 Å². The summed E-state index contributed by atoms with van der Waals surface area (Å²) < 4.78 is 28.2. The summed E-state index contributed by atoms with van der Waals surface area (Å²) in [4.78, 5) is 25.4. The molecule has 2 aliphatic rings. The molecule has 0 atom stereocenters. The van der Waals surface area contributed by atoms with E-state index in [-0.39, 0.29) is 42.9 Å². The predicted octanol–water partition coefficient (Wildman–Crippen LogP) is 0.451. The van der Waals surface area contributed by atoms with E-state index in [4.69, 9.17) is 4.74 Å². The highest BCUT2D eigenvalue weighted by atomic mass is 32.2. The Morgan fingerprint density at radius 2 is 1.91 bits per heavy atom. The Kier molecular flexibility index (Phi) is 3.90. The van der Waals surface area contributed by atoms with Crippen molar-refractivity contribution in [2.45, 2.75) is 12.8 Å². The van der Waals surface area contributed by atoms with Gasteiger partial charge in [0.05, 0.1) is 17.1 Å². The van der Waals surface area contributed by atoms with E-state index in [1.165, 1.54) is 4.90 Å². The lowest BCUT2D eigenvalue weighted by Crippen LogP contribution is -2.45. The third kappa shape index (κ3) is 2.99. The first-order chi connectivity index (χ1) is 10.5. The molecule has 22 heavy (non-hydrogen) atoms. The molecule has 1 aromatic carbocycles. The lowest BCUT2D eigenvalue weighted by Gasteiger charge is -2.26. The standard InChI is InChI=1S/C15H17NO5S/c17-12-5-4-11-2-1-3-13(15(11)12)21-10-14(18)16-6-8-22(19,20)9-7-16/h1-3H,4-10H2. The quantitative estimate of drug-likeness (QED) is 0.807. The van der Waals surface area contributed by atoms with E-state index in [9.17, 15) is 18.0 Å². The number of benzene rings is 1. The van der Waals surface area contributed by atoms with Gasteiger partial charge in [0.2, 0.25) is 0 Å². The molecule has 1 heterocycles. The number of carbonyl (C=O) groups excluding carboxylic acids is 2. The van der Waals surface area contributed by atoms with Crippen molar-refractivity contribution in [3.8, 4) is 5.75 Å². The molecule has 0 bridgehead atoms. The van der Waals surface area contributed by atoms with Crippen LogP contribution in [0.1, 0.15) is 22.3 Å². The van der Waals surface area contributed by atoms with Crippen LogP contribution < -0.4 is 4.74 Å². The van der Waals surface area contributed by atoms with E-state index in [0.29, 0.717) is 24.2 Å². The third-order valence-electron chi connectivity index (χ3n) is 4.06. The number of hydrogen-bond donors (Lipinski definition) is 0. The van der Waals surface area contributed by atoms with Crippen LogP contribution in [0.3, 0.4) is 0 Å². The fraction of sp³-hybridized carbons (Fsp3) is 0.467. The van der Waals surface area contributed by atoms with Gasteiger partial charge in [0, 0.05) is 19.5 Å². The van der Waals surface area contributed by atoms with E-state index < -0.39 is 9.84 Å². The molecule has 1 aliphatic heterocycles. The van der Waals surface area contributed by atoms with Crippen molar-refractivity contribution in [1.29, 1.82) is 0 Å². The molecule has 0 N–H and O–H groups in total. The van der Waals surface area contributed by atoms with E-state index in [0.717, 1.165) is 5.56 Å². The summed E-state index contributed by atoms with van der Waals surface area (Å²) in [6.07, 6.45) is 1.19. The van der Waals surface area contributed by atoms with Gasteiger partial charge in [-0.15, -0.1) is 0 Å². The minimum atomic E-state index is -3.01. The van der Waals surface area contributed by atoms with Crippen LogP contribution >= 0.6 is 0 Å². The number of Topliss-reactive ketones (excluding diaryl/α,β-unsaturated/α-hetero) is 1. The van der Waals surface area contributed by atoms with Crippen LogP contribution in [-0.4, -0.2) is 56.2 Å². The fourth-order valence-electron chi connectivity index (χ4n) is 2.79. The first-order valence-electron chi connectivity index (χ1n) is 7.22. The second-order valence-corrected chi connectivity index (χ2v) is 7.84. The highest BCUT2D eigenvalue weighted by Gasteiger charge is 2.27. The summed E-state index contributed by atoms with van der Waals surface area (Å²) >= 11 is 0. The molecule has 0 radical (unpaired) electrons. The smallest absolute Gasteiger partial charge is 0.260 e. The van der Waals surface area contributed by atoms with Crippen molar-refractivity contribution >= 4 is 21.5 Å². The van der Waals surface area contributed by atoms with Crippen molar-refractivity contribution in [1.82, 2.24) is 4.90 Å². The number of ether oxygens (including phenoxy) is 1. The van der Waals surface area contributed by atoms with Crippen LogP contribution in [0.4, 0.5) is 0 Å². The van der Waals surface area contributed by atoms with Crippen molar-refractivity contribution < 1.29 is 22.7 Å². The zero-order valence-corrected chi connectivity index (χ0v) is 12.9. The predicted molar refractivity (Wildman–Crippen MR) is 79.8 cm³/mol. The summed E-state index contributed by atoms with van der Waals surface area (Å²) in [5, 5.41) is 0. The molecular weight excluding hydrogens is 306 g/mol. The van der Waals surface area contributed by atoms with Gasteiger partial charge in [0.1, 0.15) is 5.75 Å². The van der Waals surface area contributed by atoms with E-state index >= 15 is 0 Å². The highest BCUT2D eigenvalue weighted by molar-refractivity contribution is 7.91. The minimum Gasteiger partial charge on any atom is -0.483 e. The lowest BCUT2D eigenvalue weighted by molar-refractivity contribution is -0.133. The number of amides is 1. The van der Waals surface area contributed by atoms with Gasteiger partial charge >= 0.3 is 0 Å². The van der Waals surface area contributed by atoms with Gasteiger partial charge < -0.3 is 9.64 Å². The molecule has 1 aliphatic carbocycles. The van der Waals surface area contributed by atoms with Gasteiger partial charge in [0.25, 0.3) is 5.91 Å².